The van der Waals surface area contributed by atoms with Crippen LogP contribution in [0.5, 0.6) is 11.5 Å². The molecule has 0 atom stereocenters. The Morgan fingerprint density at radius 1 is 1.04 bits per heavy atom. The smallest absolute Gasteiger partial charge is 0.320 e. The van der Waals surface area contributed by atoms with Crippen LogP contribution in [0.3, 0.4) is 0 Å². The van der Waals surface area contributed by atoms with E-state index in [0.717, 1.165) is 22.0 Å². The number of hydrogen-bond donors (Lipinski definition) is 2. The van der Waals surface area contributed by atoms with Crippen LogP contribution in [0.4, 0.5) is 10.1 Å². The highest BCUT2D eigenvalue weighted by molar-refractivity contribution is 6.64. The van der Waals surface area contributed by atoms with Gasteiger partial charge in [-0.2, -0.15) is 10.2 Å². The van der Waals surface area contributed by atoms with Gasteiger partial charge in [-0.1, -0.05) is 25.0 Å². The zero-order chi connectivity index (χ0) is 19.7. The Balaban J connectivity index is 1.83. The summed E-state index contributed by atoms with van der Waals surface area (Å²) in [5.41, 5.74) is 9.54. The molecule has 0 aliphatic rings. The van der Waals surface area contributed by atoms with Crippen molar-refractivity contribution in [2.24, 2.45) is 0 Å². The number of fused-ring (bicyclic) bond motifs is 1. The Morgan fingerprint density at radius 3 is 2.57 bits per heavy atom. The summed E-state index contributed by atoms with van der Waals surface area (Å²) in [7, 11) is 0. The van der Waals surface area contributed by atoms with Gasteiger partial charge in [-0.3, -0.25) is 0 Å². The second-order valence-corrected chi connectivity index (χ2v) is 6.52. The zero-order valence-electron chi connectivity index (χ0n) is 15.1. The van der Waals surface area contributed by atoms with Gasteiger partial charge in [0, 0.05) is 10.9 Å². The first-order valence-corrected chi connectivity index (χ1v) is 8.78. The quantitative estimate of drug-likeness (QED) is 0.534. The molecular weight excluding hydrogens is 356 g/mol. The van der Waals surface area contributed by atoms with Crippen molar-refractivity contribution in [3.8, 4) is 22.6 Å². The van der Waals surface area contributed by atoms with Gasteiger partial charge in [-0.15, -0.1) is 0 Å². The first-order chi connectivity index (χ1) is 13.5. The van der Waals surface area contributed by atoms with E-state index in [9.17, 15) is 9.41 Å². The van der Waals surface area contributed by atoms with Crippen molar-refractivity contribution < 1.29 is 14.2 Å². The van der Waals surface area contributed by atoms with Gasteiger partial charge in [-0.05, 0) is 53.5 Å². The molecule has 0 amide bonds. The molecule has 0 bridgehead atoms. The van der Waals surface area contributed by atoms with Gasteiger partial charge in [0.1, 0.15) is 17.3 Å². The van der Waals surface area contributed by atoms with E-state index in [-0.39, 0.29) is 5.82 Å². The second-order valence-electron chi connectivity index (χ2n) is 6.52. The number of nitrogen functional groups attached to an aromatic ring is 1. The van der Waals surface area contributed by atoms with E-state index < -0.39 is 6.92 Å². The lowest BCUT2D eigenvalue weighted by Gasteiger charge is -2.14. The Kier molecular flexibility index (Phi) is 4.67. The molecule has 1 aromatic heterocycles. The Bertz CT molecular complexity index is 1150. The molecule has 0 aliphatic heterocycles. The van der Waals surface area contributed by atoms with Crippen molar-refractivity contribution in [2.75, 3.05) is 5.73 Å². The van der Waals surface area contributed by atoms with Gasteiger partial charge in [0.2, 0.25) is 0 Å². The molecule has 3 aromatic carbocycles. The van der Waals surface area contributed by atoms with E-state index in [2.05, 4.69) is 10.2 Å². The average molecular weight is 373 g/mol. The molecule has 4 rings (SSSR count). The summed E-state index contributed by atoms with van der Waals surface area (Å²) in [5.74, 6) is 0.757. The van der Waals surface area contributed by atoms with Gasteiger partial charge in [0.15, 0.2) is 0 Å². The summed E-state index contributed by atoms with van der Waals surface area (Å²) < 4.78 is 19.2. The predicted molar refractivity (Wildman–Crippen MR) is 109 cm³/mol. The molecule has 0 aliphatic carbocycles. The van der Waals surface area contributed by atoms with Crippen LogP contribution in [0.1, 0.15) is 0 Å². The van der Waals surface area contributed by atoms with E-state index in [1.54, 1.807) is 31.1 Å². The van der Waals surface area contributed by atoms with Crippen molar-refractivity contribution in [3.05, 3.63) is 72.7 Å². The summed E-state index contributed by atoms with van der Waals surface area (Å²) in [6.45, 7) is 1.07. The normalized spacial score (nSPS) is 10.8. The lowest BCUT2D eigenvalue weighted by Crippen LogP contribution is -2.26. The fourth-order valence-electron chi connectivity index (χ4n) is 3.00. The largest absolute Gasteiger partial charge is 0.457 e. The molecule has 0 unspecified atom stereocenters. The number of hydrogen-bond acceptors (Lipinski definition) is 5. The highest BCUT2D eigenvalue weighted by Crippen LogP contribution is 2.34. The minimum absolute atomic E-state index is 0.331. The van der Waals surface area contributed by atoms with E-state index in [0.29, 0.717) is 22.7 Å². The standard InChI is InChI=1S/C21H17BFN3O2/c1-22(27)14-3-9-21(28-16-6-4-15(23)5-7-16)18(11-14)13-2-8-17-19(24)12-25-26-20(17)10-13/h2-12,27H,1H3,(H2,24,26). The number of anilines is 1. The maximum Gasteiger partial charge on any atom is 0.320 e. The van der Waals surface area contributed by atoms with Gasteiger partial charge >= 0.3 is 6.92 Å². The van der Waals surface area contributed by atoms with Gasteiger partial charge < -0.3 is 15.5 Å². The van der Waals surface area contributed by atoms with Crippen LogP contribution in [0.15, 0.2) is 66.9 Å². The van der Waals surface area contributed by atoms with Crippen LogP contribution in [-0.2, 0) is 0 Å². The van der Waals surface area contributed by atoms with Crippen molar-refractivity contribution in [3.63, 3.8) is 0 Å². The van der Waals surface area contributed by atoms with Crippen molar-refractivity contribution in [1.82, 2.24) is 10.2 Å². The van der Waals surface area contributed by atoms with Gasteiger partial charge in [0.25, 0.3) is 0 Å². The van der Waals surface area contributed by atoms with E-state index in [4.69, 9.17) is 10.5 Å². The molecule has 7 heteroatoms. The van der Waals surface area contributed by atoms with Crippen LogP contribution < -0.4 is 15.9 Å². The molecular formula is C21H17BFN3O2. The third-order valence-electron chi connectivity index (χ3n) is 4.51. The monoisotopic (exact) mass is 373 g/mol. The van der Waals surface area contributed by atoms with E-state index in [1.807, 2.05) is 24.3 Å². The summed E-state index contributed by atoms with van der Waals surface area (Å²) >= 11 is 0. The fraction of sp³-hybridized carbons (Fsp3) is 0.0476. The highest BCUT2D eigenvalue weighted by Gasteiger charge is 2.14. The summed E-state index contributed by atoms with van der Waals surface area (Å²) in [5, 5.41) is 18.9. The maximum atomic E-state index is 13.2. The third kappa shape index (κ3) is 3.52. The SMILES string of the molecule is CB(O)c1ccc(Oc2ccc(F)cc2)c(-c2ccc3c(N)cnnc3c2)c1. The van der Waals surface area contributed by atoms with Crippen LogP contribution in [-0.4, -0.2) is 22.1 Å². The zero-order valence-corrected chi connectivity index (χ0v) is 15.1. The topological polar surface area (TPSA) is 81.3 Å². The molecule has 0 fully saturated rings. The molecule has 138 valence electrons. The van der Waals surface area contributed by atoms with Crippen molar-refractivity contribution in [1.29, 1.82) is 0 Å². The molecule has 0 saturated carbocycles. The molecule has 0 saturated heterocycles. The summed E-state index contributed by atoms with van der Waals surface area (Å²) in [4.78, 5) is 0. The molecule has 3 N–H and O–H groups in total. The number of nitrogens with zero attached hydrogens (tertiary/aromatic N) is 2. The number of nitrogens with two attached hydrogens (primary N) is 1. The Hall–Kier alpha value is -3.45. The van der Waals surface area contributed by atoms with E-state index in [1.165, 1.54) is 18.3 Å². The van der Waals surface area contributed by atoms with Crippen LogP contribution in [0, 0.1) is 5.82 Å². The van der Waals surface area contributed by atoms with Crippen molar-refractivity contribution in [2.45, 2.75) is 6.82 Å². The molecule has 1 heterocycles. The highest BCUT2D eigenvalue weighted by atomic mass is 19.1. The van der Waals surface area contributed by atoms with Crippen LogP contribution in [0.25, 0.3) is 22.0 Å². The second kappa shape index (κ2) is 7.29. The molecule has 28 heavy (non-hydrogen) atoms. The van der Waals surface area contributed by atoms with Crippen LogP contribution in [0.2, 0.25) is 6.82 Å². The molecule has 5 nitrogen and oxygen atoms in total. The summed E-state index contributed by atoms with van der Waals surface area (Å²) in [6.07, 6.45) is 1.51. The number of ether oxygens (including phenoxy) is 1. The maximum absolute atomic E-state index is 13.2. The minimum atomic E-state index is -0.630. The molecule has 0 radical (unpaired) electrons. The van der Waals surface area contributed by atoms with Gasteiger partial charge in [-0.25, -0.2) is 4.39 Å². The number of rotatable bonds is 4. The number of halogens is 1. The summed E-state index contributed by atoms with van der Waals surface area (Å²) in [6, 6.07) is 16.9. The third-order valence-corrected chi connectivity index (χ3v) is 4.51. The lowest BCUT2D eigenvalue weighted by atomic mass is 9.64. The molecule has 0 spiro atoms. The Morgan fingerprint density at radius 2 is 1.82 bits per heavy atom. The number of aromatic nitrogens is 2. The van der Waals surface area contributed by atoms with Crippen molar-refractivity contribution >= 4 is 29.0 Å². The van der Waals surface area contributed by atoms with E-state index >= 15 is 0 Å². The minimum Gasteiger partial charge on any atom is -0.457 e. The van der Waals surface area contributed by atoms with Crippen LogP contribution >= 0.6 is 0 Å². The average Bonchev–Trinajstić information content (AvgIpc) is 2.70. The lowest BCUT2D eigenvalue weighted by molar-refractivity contribution is 0.482. The fourth-order valence-corrected chi connectivity index (χ4v) is 3.00. The predicted octanol–water partition coefficient (Wildman–Crippen LogP) is 3.63. The van der Waals surface area contributed by atoms with Gasteiger partial charge in [0.05, 0.1) is 17.4 Å². The first-order valence-electron chi connectivity index (χ1n) is 8.78. The molecule has 4 aromatic rings. The number of benzene rings is 3. The Labute approximate surface area is 161 Å². The first kappa shape index (κ1) is 17.9.